The first-order valence-electron chi connectivity index (χ1n) is 12.0. The van der Waals surface area contributed by atoms with E-state index in [1.54, 1.807) is 0 Å². The molecule has 1 aliphatic heterocycles. The largest absolute Gasteiger partial charge is 0.299 e. The minimum atomic E-state index is -0.241. The van der Waals surface area contributed by atoms with Gasteiger partial charge in [-0.25, -0.2) is 8.78 Å². The Bertz CT molecular complexity index is 990. The van der Waals surface area contributed by atoms with Crippen molar-refractivity contribution in [1.82, 2.24) is 10.4 Å². The third kappa shape index (κ3) is 7.24. The lowest BCUT2D eigenvalue weighted by molar-refractivity contribution is 0.0594. The maximum Gasteiger partial charge on any atom is 0.123 e. The molecule has 0 saturated heterocycles. The molecule has 34 heavy (non-hydrogen) atoms. The Morgan fingerprint density at radius 3 is 2.09 bits per heavy atom. The topological polar surface area (TPSA) is 24.5 Å². The maximum absolute atomic E-state index is 13.4. The molecular formula is C29H32F2N2O. The van der Waals surface area contributed by atoms with Gasteiger partial charge in [0.15, 0.2) is 0 Å². The van der Waals surface area contributed by atoms with E-state index >= 15 is 0 Å². The van der Waals surface area contributed by atoms with E-state index in [1.807, 2.05) is 42.5 Å². The third-order valence-corrected chi connectivity index (χ3v) is 6.34. The Balaban J connectivity index is 1.23. The molecule has 4 rings (SSSR count). The number of nitrogens with zero attached hydrogens (tertiary/aromatic N) is 1. The molecule has 1 aliphatic rings. The summed E-state index contributed by atoms with van der Waals surface area (Å²) < 4.78 is 26.9. The molecule has 0 amide bonds. The van der Waals surface area contributed by atoms with Crippen LogP contribution in [-0.2, 0) is 11.3 Å². The molecule has 0 radical (unpaired) electrons. The van der Waals surface area contributed by atoms with Crippen molar-refractivity contribution in [2.45, 2.75) is 31.6 Å². The summed E-state index contributed by atoms with van der Waals surface area (Å²) in [7, 11) is 0. The highest BCUT2D eigenvalue weighted by Gasteiger charge is 2.17. The van der Waals surface area contributed by atoms with Crippen molar-refractivity contribution in [2.75, 3.05) is 26.2 Å². The third-order valence-electron chi connectivity index (χ3n) is 6.34. The van der Waals surface area contributed by atoms with Crippen molar-refractivity contribution in [3.05, 3.63) is 119 Å². The van der Waals surface area contributed by atoms with E-state index in [-0.39, 0.29) is 17.6 Å². The number of hydrogen-bond donors (Lipinski definition) is 1. The van der Waals surface area contributed by atoms with Crippen molar-refractivity contribution in [3.63, 3.8) is 0 Å². The number of hydroxylamine groups is 1. The van der Waals surface area contributed by atoms with Gasteiger partial charge in [-0.3, -0.25) is 15.2 Å². The van der Waals surface area contributed by atoms with E-state index in [4.69, 9.17) is 4.84 Å². The zero-order valence-corrected chi connectivity index (χ0v) is 19.4. The summed E-state index contributed by atoms with van der Waals surface area (Å²) >= 11 is 0. The molecule has 1 heterocycles. The fourth-order valence-electron chi connectivity index (χ4n) is 4.40. The molecule has 178 valence electrons. The monoisotopic (exact) mass is 462 g/mol. The van der Waals surface area contributed by atoms with Crippen LogP contribution < -0.4 is 5.48 Å². The highest BCUT2D eigenvalue weighted by molar-refractivity contribution is 5.32. The molecule has 0 bridgehead atoms. The van der Waals surface area contributed by atoms with Crippen molar-refractivity contribution in [3.8, 4) is 0 Å². The van der Waals surface area contributed by atoms with Crippen molar-refractivity contribution < 1.29 is 13.6 Å². The van der Waals surface area contributed by atoms with Gasteiger partial charge in [0.2, 0.25) is 0 Å². The average molecular weight is 463 g/mol. The summed E-state index contributed by atoms with van der Waals surface area (Å²) in [6.45, 7) is 3.50. The summed E-state index contributed by atoms with van der Waals surface area (Å²) in [6, 6.07) is 23.7. The molecular weight excluding hydrogens is 430 g/mol. The highest BCUT2D eigenvalue weighted by atomic mass is 19.1. The first-order chi connectivity index (χ1) is 16.7. The van der Waals surface area contributed by atoms with Gasteiger partial charge in [-0.1, -0.05) is 54.6 Å². The molecule has 0 fully saturated rings. The van der Waals surface area contributed by atoms with E-state index < -0.39 is 0 Å². The molecule has 0 atom stereocenters. The molecule has 0 spiro atoms. The predicted molar refractivity (Wildman–Crippen MR) is 132 cm³/mol. The van der Waals surface area contributed by atoms with E-state index in [0.717, 1.165) is 62.1 Å². The summed E-state index contributed by atoms with van der Waals surface area (Å²) in [5.41, 5.74) is 7.64. The normalized spacial score (nSPS) is 14.3. The maximum atomic E-state index is 13.4. The minimum Gasteiger partial charge on any atom is -0.299 e. The van der Waals surface area contributed by atoms with Crippen LogP contribution in [0.25, 0.3) is 0 Å². The average Bonchev–Trinajstić information content (AvgIpc) is 2.87. The van der Waals surface area contributed by atoms with Crippen LogP contribution in [0, 0.1) is 11.6 Å². The van der Waals surface area contributed by atoms with Crippen molar-refractivity contribution in [1.29, 1.82) is 0 Å². The molecule has 1 N–H and O–H groups in total. The highest BCUT2D eigenvalue weighted by Crippen LogP contribution is 2.30. The van der Waals surface area contributed by atoms with Gasteiger partial charge in [-0.2, -0.15) is 0 Å². The van der Waals surface area contributed by atoms with Crippen LogP contribution in [0.2, 0.25) is 0 Å². The van der Waals surface area contributed by atoms with Crippen LogP contribution >= 0.6 is 0 Å². The van der Waals surface area contributed by atoms with E-state index in [9.17, 15) is 8.78 Å². The molecule has 3 aromatic carbocycles. The molecule has 0 aliphatic carbocycles. The van der Waals surface area contributed by atoms with Crippen LogP contribution in [0.4, 0.5) is 8.78 Å². The van der Waals surface area contributed by atoms with Gasteiger partial charge < -0.3 is 0 Å². The summed E-state index contributed by atoms with van der Waals surface area (Å²) in [4.78, 5) is 8.08. The number of hydrogen-bond acceptors (Lipinski definition) is 3. The second kappa shape index (κ2) is 12.4. The Kier molecular flexibility index (Phi) is 8.83. The lowest BCUT2D eigenvalue weighted by Crippen LogP contribution is -2.33. The quantitative estimate of drug-likeness (QED) is 0.270. The second-order valence-electron chi connectivity index (χ2n) is 8.76. The van der Waals surface area contributed by atoms with Gasteiger partial charge in [0.05, 0.1) is 6.61 Å². The van der Waals surface area contributed by atoms with Crippen molar-refractivity contribution in [2.24, 2.45) is 0 Å². The fraction of sp³-hybridized carbons (Fsp3) is 0.310. The molecule has 0 unspecified atom stereocenters. The van der Waals surface area contributed by atoms with Crippen LogP contribution in [-0.4, -0.2) is 31.1 Å². The van der Waals surface area contributed by atoms with Gasteiger partial charge in [0.1, 0.15) is 11.6 Å². The van der Waals surface area contributed by atoms with Gasteiger partial charge in [-0.05, 0) is 72.8 Å². The number of halogens is 2. The zero-order chi connectivity index (χ0) is 23.6. The zero-order valence-electron chi connectivity index (χ0n) is 19.4. The Morgan fingerprint density at radius 1 is 0.853 bits per heavy atom. The summed E-state index contributed by atoms with van der Waals surface area (Å²) in [6.07, 6.45) is 5.94. The lowest BCUT2D eigenvalue weighted by Gasteiger charge is -2.27. The molecule has 0 saturated carbocycles. The second-order valence-corrected chi connectivity index (χ2v) is 8.76. The predicted octanol–water partition coefficient (Wildman–Crippen LogP) is 6.23. The number of benzene rings is 3. The van der Waals surface area contributed by atoms with Gasteiger partial charge in [-0.15, -0.1) is 0 Å². The van der Waals surface area contributed by atoms with E-state index in [0.29, 0.717) is 6.61 Å². The first kappa shape index (κ1) is 24.1. The van der Waals surface area contributed by atoms with Gasteiger partial charge in [0, 0.05) is 31.1 Å². The van der Waals surface area contributed by atoms with E-state index in [1.165, 1.54) is 29.8 Å². The summed E-state index contributed by atoms with van der Waals surface area (Å²) in [5.74, 6) is -0.359. The first-order valence-corrected chi connectivity index (χ1v) is 12.0. The van der Waals surface area contributed by atoms with Crippen LogP contribution in [0.3, 0.4) is 0 Å². The molecule has 3 aromatic rings. The van der Waals surface area contributed by atoms with Gasteiger partial charge >= 0.3 is 0 Å². The smallest absolute Gasteiger partial charge is 0.123 e. The fourth-order valence-corrected chi connectivity index (χ4v) is 4.40. The molecule has 3 nitrogen and oxygen atoms in total. The number of nitrogens with one attached hydrogen (secondary N) is 1. The summed E-state index contributed by atoms with van der Waals surface area (Å²) in [5, 5.41) is 0. The molecule has 5 heteroatoms. The lowest BCUT2D eigenvalue weighted by atomic mass is 9.87. The van der Waals surface area contributed by atoms with Crippen LogP contribution in [0.5, 0.6) is 0 Å². The van der Waals surface area contributed by atoms with E-state index in [2.05, 4.69) is 28.6 Å². The van der Waals surface area contributed by atoms with Gasteiger partial charge in [0.25, 0.3) is 0 Å². The minimum absolute atomic E-state index is 0.122. The Labute approximate surface area is 201 Å². The van der Waals surface area contributed by atoms with Crippen molar-refractivity contribution >= 4 is 0 Å². The standard InChI is InChI=1S/C29H32F2N2O/c30-26-12-8-24(9-13-26)29(25-10-14-27(31)15-11-25)7-4-19-33-20-16-28(17-21-33)32-34-22-18-23-5-2-1-3-6-23/h1-3,5-6,8-16,29,32H,4,7,17-22H2. The SMILES string of the molecule is Fc1ccc(C(CCCN2CC=C(NOCCc3ccccc3)CC2)c2ccc(F)cc2)cc1. The Hall–Kier alpha value is -3.02. The van der Waals surface area contributed by atoms with Crippen LogP contribution in [0.1, 0.15) is 41.9 Å². The Morgan fingerprint density at radius 2 is 1.50 bits per heavy atom. The number of rotatable bonds is 11. The molecule has 0 aromatic heterocycles. The van der Waals surface area contributed by atoms with Crippen LogP contribution in [0.15, 0.2) is 90.6 Å².